The Morgan fingerprint density at radius 3 is 3.17 bits per heavy atom. The largest absolute Gasteiger partial charge is 0.347 e. The normalized spacial score (nSPS) is 11.1. The van der Waals surface area contributed by atoms with Gasteiger partial charge in [-0.1, -0.05) is 0 Å². The minimum atomic E-state index is 0.768. The van der Waals surface area contributed by atoms with Crippen molar-refractivity contribution in [1.82, 2.24) is 4.57 Å². The summed E-state index contributed by atoms with van der Waals surface area (Å²) in [4.78, 5) is 0. The Hall–Kier alpha value is -0.800. The van der Waals surface area contributed by atoms with E-state index in [2.05, 4.69) is 28.3 Å². The van der Waals surface area contributed by atoms with E-state index in [4.69, 9.17) is 5.73 Å². The fraction of sp³-hybridized carbons (Fsp3) is 0.333. The molecule has 0 radical (unpaired) electrons. The predicted octanol–water partition coefficient (Wildman–Crippen LogP) is 2.05. The van der Waals surface area contributed by atoms with Gasteiger partial charge in [0.1, 0.15) is 0 Å². The Kier molecular flexibility index (Phi) is 2.15. The maximum absolute atomic E-state index is 5.45. The van der Waals surface area contributed by atoms with Crippen LogP contribution in [0.2, 0.25) is 0 Å². The molecule has 0 bridgehead atoms. The summed E-state index contributed by atoms with van der Waals surface area (Å²) in [6, 6.07) is 4.33. The molecule has 2 aromatic heterocycles. The molecule has 0 spiro atoms. The molecule has 0 amide bonds. The lowest BCUT2D eigenvalue weighted by atomic mass is 10.4. The summed E-state index contributed by atoms with van der Waals surface area (Å²) in [7, 11) is 0. The molecule has 0 aliphatic rings. The summed E-state index contributed by atoms with van der Waals surface area (Å²) in [5.41, 5.74) is 6.79. The zero-order valence-corrected chi connectivity index (χ0v) is 7.68. The highest BCUT2D eigenvalue weighted by Gasteiger charge is 1.99. The maximum Gasteiger partial charge on any atom is 0.0589 e. The molecule has 2 rings (SSSR count). The third kappa shape index (κ3) is 1.26. The van der Waals surface area contributed by atoms with Gasteiger partial charge in [-0.2, -0.15) is 0 Å². The number of hydrogen-bond acceptors (Lipinski definition) is 2. The van der Waals surface area contributed by atoms with Crippen LogP contribution < -0.4 is 5.73 Å². The molecule has 2 N–H and O–H groups in total. The van der Waals surface area contributed by atoms with E-state index in [1.807, 2.05) is 0 Å². The van der Waals surface area contributed by atoms with Crippen molar-refractivity contribution in [1.29, 1.82) is 0 Å². The van der Waals surface area contributed by atoms with Gasteiger partial charge in [0.15, 0.2) is 0 Å². The molecule has 2 nitrogen and oxygen atoms in total. The summed E-state index contributed by atoms with van der Waals surface area (Å²) in [5.74, 6) is 0. The van der Waals surface area contributed by atoms with Crippen molar-refractivity contribution in [2.45, 2.75) is 13.0 Å². The van der Waals surface area contributed by atoms with Crippen molar-refractivity contribution < 1.29 is 0 Å². The number of nitrogens with two attached hydrogens (primary N) is 1. The van der Waals surface area contributed by atoms with Gasteiger partial charge in [0, 0.05) is 12.7 Å². The lowest BCUT2D eigenvalue weighted by Crippen LogP contribution is -2.04. The molecule has 0 unspecified atom stereocenters. The van der Waals surface area contributed by atoms with Crippen molar-refractivity contribution >= 4 is 21.6 Å². The van der Waals surface area contributed by atoms with Gasteiger partial charge in [0.25, 0.3) is 0 Å². The standard InChI is InChI=1S/C9H12N2S/c10-4-1-5-11-6-2-9-8(11)3-7-12-9/h2-3,6-7H,1,4-5,10H2. The van der Waals surface area contributed by atoms with Crippen LogP contribution in [0.4, 0.5) is 0 Å². The minimum absolute atomic E-state index is 0.768. The Labute approximate surface area is 75.6 Å². The molecule has 0 aromatic carbocycles. The van der Waals surface area contributed by atoms with E-state index >= 15 is 0 Å². The molecular formula is C9H12N2S. The predicted molar refractivity (Wildman–Crippen MR) is 53.5 cm³/mol. The molecule has 0 aliphatic heterocycles. The van der Waals surface area contributed by atoms with Crippen LogP contribution in [0.5, 0.6) is 0 Å². The van der Waals surface area contributed by atoms with E-state index in [9.17, 15) is 0 Å². The van der Waals surface area contributed by atoms with E-state index in [0.717, 1.165) is 19.5 Å². The van der Waals surface area contributed by atoms with Crippen LogP contribution in [0.1, 0.15) is 6.42 Å². The van der Waals surface area contributed by atoms with Crippen LogP contribution >= 0.6 is 11.3 Å². The molecule has 0 atom stereocenters. The molecule has 64 valence electrons. The Morgan fingerprint density at radius 1 is 1.42 bits per heavy atom. The minimum Gasteiger partial charge on any atom is -0.347 e. The molecular weight excluding hydrogens is 168 g/mol. The first-order valence-corrected chi connectivity index (χ1v) is 5.02. The number of rotatable bonds is 3. The SMILES string of the molecule is NCCCn1ccc2sccc21. The fourth-order valence-electron chi connectivity index (χ4n) is 1.37. The molecule has 0 saturated heterocycles. The van der Waals surface area contributed by atoms with Crippen molar-refractivity contribution in [2.75, 3.05) is 6.54 Å². The Bertz CT molecular complexity index is 361. The number of thiophene rings is 1. The average molecular weight is 180 g/mol. The van der Waals surface area contributed by atoms with Crippen LogP contribution in [0.3, 0.4) is 0 Å². The van der Waals surface area contributed by atoms with Crippen LogP contribution in [0, 0.1) is 0 Å². The topological polar surface area (TPSA) is 30.9 Å². The van der Waals surface area contributed by atoms with E-state index in [0.29, 0.717) is 0 Å². The molecule has 0 fully saturated rings. The summed E-state index contributed by atoms with van der Waals surface area (Å²) in [5, 5.41) is 2.13. The maximum atomic E-state index is 5.45. The average Bonchev–Trinajstić information content (AvgIpc) is 2.62. The van der Waals surface area contributed by atoms with Crippen LogP contribution in [0.15, 0.2) is 23.7 Å². The van der Waals surface area contributed by atoms with E-state index in [1.54, 1.807) is 11.3 Å². The lowest BCUT2D eigenvalue weighted by molar-refractivity contribution is 0.671. The van der Waals surface area contributed by atoms with Crippen LogP contribution in [0.25, 0.3) is 10.2 Å². The van der Waals surface area contributed by atoms with Crippen molar-refractivity contribution in [2.24, 2.45) is 5.73 Å². The van der Waals surface area contributed by atoms with Gasteiger partial charge < -0.3 is 10.3 Å². The van der Waals surface area contributed by atoms with Gasteiger partial charge in [-0.3, -0.25) is 0 Å². The summed E-state index contributed by atoms with van der Waals surface area (Å²) in [6.07, 6.45) is 3.19. The first-order valence-electron chi connectivity index (χ1n) is 4.14. The number of aromatic nitrogens is 1. The van der Waals surface area contributed by atoms with Crippen LogP contribution in [-0.4, -0.2) is 11.1 Å². The second-order valence-corrected chi connectivity index (χ2v) is 3.77. The van der Waals surface area contributed by atoms with E-state index in [-0.39, 0.29) is 0 Å². The first kappa shape index (κ1) is 7.83. The van der Waals surface area contributed by atoms with E-state index < -0.39 is 0 Å². The molecule has 2 heterocycles. The van der Waals surface area contributed by atoms with Gasteiger partial charge in [-0.15, -0.1) is 11.3 Å². The van der Waals surface area contributed by atoms with Gasteiger partial charge in [-0.05, 0) is 30.5 Å². The summed E-state index contributed by atoms with van der Waals surface area (Å²) in [6.45, 7) is 1.81. The smallest absolute Gasteiger partial charge is 0.0589 e. The second-order valence-electron chi connectivity index (χ2n) is 2.82. The van der Waals surface area contributed by atoms with Crippen molar-refractivity contribution in [3.05, 3.63) is 23.7 Å². The highest BCUT2D eigenvalue weighted by molar-refractivity contribution is 7.17. The zero-order valence-electron chi connectivity index (χ0n) is 6.86. The van der Waals surface area contributed by atoms with E-state index in [1.165, 1.54) is 10.2 Å². The third-order valence-corrected chi connectivity index (χ3v) is 2.86. The summed E-state index contributed by atoms with van der Waals surface area (Å²) < 4.78 is 3.63. The highest BCUT2D eigenvalue weighted by atomic mass is 32.1. The van der Waals surface area contributed by atoms with Gasteiger partial charge in [-0.25, -0.2) is 0 Å². The molecule has 3 heteroatoms. The van der Waals surface area contributed by atoms with Gasteiger partial charge >= 0.3 is 0 Å². The Morgan fingerprint density at radius 2 is 2.33 bits per heavy atom. The Balaban J connectivity index is 2.28. The summed E-state index contributed by atoms with van der Waals surface area (Å²) >= 11 is 1.79. The molecule has 2 aromatic rings. The molecule has 0 saturated carbocycles. The third-order valence-electron chi connectivity index (χ3n) is 1.99. The van der Waals surface area contributed by atoms with Crippen LogP contribution in [-0.2, 0) is 6.54 Å². The highest BCUT2D eigenvalue weighted by Crippen LogP contribution is 2.21. The zero-order chi connectivity index (χ0) is 8.39. The second kappa shape index (κ2) is 3.29. The fourth-order valence-corrected chi connectivity index (χ4v) is 2.16. The van der Waals surface area contributed by atoms with Gasteiger partial charge in [0.2, 0.25) is 0 Å². The lowest BCUT2D eigenvalue weighted by Gasteiger charge is -2.00. The van der Waals surface area contributed by atoms with Crippen molar-refractivity contribution in [3.63, 3.8) is 0 Å². The number of fused-ring (bicyclic) bond motifs is 1. The molecule has 0 aliphatic carbocycles. The monoisotopic (exact) mass is 180 g/mol. The first-order chi connectivity index (χ1) is 5.92. The quantitative estimate of drug-likeness (QED) is 0.770. The number of hydrogen-bond donors (Lipinski definition) is 1. The molecule has 12 heavy (non-hydrogen) atoms. The van der Waals surface area contributed by atoms with Gasteiger partial charge in [0.05, 0.1) is 10.2 Å². The van der Waals surface area contributed by atoms with Crippen molar-refractivity contribution in [3.8, 4) is 0 Å². The number of aryl methyl sites for hydroxylation is 1. The number of nitrogens with zero attached hydrogens (tertiary/aromatic N) is 1.